The Labute approximate surface area is 161 Å². The van der Waals surface area contributed by atoms with Crippen LogP contribution in [0.15, 0.2) is 54.6 Å². The Morgan fingerprint density at radius 2 is 1.78 bits per heavy atom. The first kappa shape index (κ1) is 19.4. The van der Waals surface area contributed by atoms with Gasteiger partial charge in [0.25, 0.3) is 0 Å². The average molecular weight is 367 g/mol. The van der Waals surface area contributed by atoms with Gasteiger partial charge in [-0.05, 0) is 57.2 Å². The van der Waals surface area contributed by atoms with E-state index >= 15 is 0 Å². The van der Waals surface area contributed by atoms with Gasteiger partial charge in [-0.3, -0.25) is 4.79 Å². The summed E-state index contributed by atoms with van der Waals surface area (Å²) in [6.07, 6.45) is 2.79. The van der Waals surface area contributed by atoms with E-state index in [4.69, 9.17) is 15.2 Å². The van der Waals surface area contributed by atoms with E-state index in [0.717, 1.165) is 25.0 Å². The average Bonchev–Trinajstić information content (AvgIpc) is 2.71. The molecule has 1 heterocycles. The lowest BCUT2D eigenvalue weighted by atomic mass is 9.87. The number of nitrogens with two attached hydrogens (primary N) is 1. The van der Waals surface area contributed by atoms with Gasteiger partial charge >= 0.3 is 5.97 Å². The molecular weight excluding hydrogens is 338 g/mol. The molecule has 1 saturated heterocycles. The number of carbonyl (C=O) groups excluding carboxylic acids is 1. The molecule has 144 valence electrons. The standard InChI is InChI=1S/C23H29NO3/c1-16-11-13-19(14-12-16)27-22-10-6-9-21(24)23(25)26-17(2)20(22)15-18-7-4-3-5-8-18/h3-5,7-8,11-14,17,20-22H,6,9-10,15,24H2,1-2H3. The summed E-state index contributed by atoms with van der Waals surface area (Å²) >= 11 is 0. The third-order valence-electron chi connectivity index (χ3n) is 5.31. The van der Waals surface area contributed by atoms with Gasteiger partial charge in [0.05, 0.1) is 0 Å². The topological polar surface area (TPSA) is 61.5 Å². The summed E-state index contributed by atoms with van der Waals surface area (Å²) in [6, 6.07) is 17.9. The molecule has 4 unspecified atom stereocenters. The molecule has 1 aliphatic rings. The minimum Gasteiger partial charge on any atom is -0.490 e. The molecule has 2 aromatic rings. The van der Waals surface area contributed by atoms with Gasteiger partial charge in [-0.25, -0.2) is 0 Å². The lowest BCUT2D eigenvalue weighted by molar-refractivity contribution is -0.153. The summed E-state index contributed by atoms with van der Waals surface area (Å²) in [4.78, 5) is 12.2. The fourth-order valence-corrected chi connectivity index (χ4v) is 3.65. The van der Waals surface area contributed by atoms with Crippen LogP contribution >= 0.6 is 0 Å². The van der Waals surface area contributed by atoms with Crippen molar-refractivity contribution in [3.05, 3.63) is 65.7 Å². The molecule has 4 atom stereocenters. The summed E-state index contributed by atoms with van der Waals surface area (Å²) in [5.41, 5.74) is 8.39. The minimum absolute atomic E-state index is 0.0407. The molecule has 1 aliphatic heterocycles. The molecule has 0 amide bonds. The molecule has 0 radical (unpaired) electrons. The van der Waals surface area contributed by atoms with E-state index in [9.17, 15) is 4.79 Å². The third-order valence-corrected chi connectivity index (χ3v) is 5.31. The van der Waals surface area contributed by atoms with Crippen molar-refractivity contribution in [2.45, 2.75) is 57.8 Å². The Morgan fingerprint density at radius 3 is 2.48 bits per heavy atom. The van der Waals surface area contributed by atoms with Crippen molar-refractivity contribution < 1.29 is 14.3 Å². The fraction of sp³-hybridized carbons (Fsp3) is 0.435. The molecule has 1 fully saturated rings. The van der Waals surface area contributed by atoms with Crippen LogP contribution in [0, 0.1) is 12.8 Å². The summed E-state index contributed by atoms with van der Waals surface area (Å²) in [6.45, 7) is 4.01. The van der Waals surface area contributed by atoms with Crippen molar-refractivity contribution in [3.63, 3.8) is 0 Å². The predicted molar refractivity (Wildman–Crippen MR) is 107 cm³/mol. The van der Waals surface area contributed by atoms with Crippen LogP contribution in [-0.2, 0) is 16.0 Å². The molecule has 4 nitrogen and oxygen atoms in total. The maximum absolute atomic E-state index is 12.2. The van der Waals surface area contributed by atoms with Gasteiger partial charge in [-0.2, -0.15) is 0 Å². The van der Waals surface area contributed by atoms with Gasteiger partial charge in [0, 0.05) is 5.92 Å². The number of hydrogen-bond donors (Lipinski definition) is 1. The van der Waals surface area contributed by atoms with E-state index in [1.165, 1.54) is 11.1 Å². The molecule has 0 aromatic heterocycles. The van der Waals surface area contributed by atoms with Gasteiger partial charge in [-0.1, -0.05) is 48.0 Å². The number of esters is 1. The number of benzene rings is 2. The monoisotopic (exact) mass is 367 g/mol. The Bertz CT molecular complexity index is 729. The van der Waals surface area contributed by atoms with E-state index in [1.54, 1.807) is 0 Å². The quantitative estimate of drug-likeness (QED) is 0.829. The largest absolute Gasteiger partial charge is 0.490 e. The summed E-state index contributed by atoms with van der Waals surface area (Å²) in [5.74, 6) is 0.602. The molecule has 4 heteroatoms. The second kappa shape index (κ2) is 9.05. The van der Waals surface area contributed by atoms with E-state index < -0.39 is 6.04 Å². The van der Waals surface area contributed by atoms with Crippen molar-refractivity contribution in [2.75, 3.05) is 0 Å². The molecule has 0 bridgehead atoms. The van der Waals surface area contributed by atoms with Crippen LogP contribution in [0.25, 0.3) is 0 Å². The highest BCUT2D eigenvalue weighted by Crippen LogP contribution is 2.28. The van der Waals surface area contributed by atoms with Crippen molar-refractivity contribution in [1.82, 2.24) is 0 Å². The maximum atomic E-state index is 12.2. The number of aryl methyl sites for hydroxylation is 1. The van der Waals surface area contributed by atoms with E-state index in [-0.39, 0.29) is 24.1 Å². The number of ether oxygens (including phenoxy) is 2. The van der Waals surface area contributed by atoms with Crippen LogP contribution in [0.1, 0.15) is 37.3 Å². The third kappa shape index (κ3) is 5.33. The predicted octanol–water partition coefficient (Wildman–Crippen LogP) is 4.04. The lowest BCUT2D eigenvalue weighted by Crippen LogP contribution is -2.40. The lowest BCUT2D eigenvalue weighted by Gasteiger charge is -2.31. The number of hydrogen-bond acceptors (Lipinski definition) is 4. The SMILES string of the molecule is Cc1ccc(OC2CCCC(N)C(=O)OC(C)C2Cc2ccccc2)cc1. The highest BCUT2D eigenvalue weighted by molar-refractivity contribution is 5.75. The Kier molecular flexibility index (Phi) is 6.51. The Balaban J connectivity index is 1.85. The maximum Gasteiger partial charge on any atom is 0.323 e. The number of cyclic esters (lactones) is 1. The van der Waals surface area contributed by atoms with E-state index in [2.05, 4.69) is 31.2 Å². The highest BCUT2D eigenvalue weighted by Gasteiger charge is 2.34. The van der Waals surface area contributed by atoms with E-state index in [1.807, 2.05) is 37.3 Å². The van der Waals surface area contributed by atoms with Crippen LogP contribution in [0.4, 0.5) is 0 Å². The van der Waals surface area contributed by atoms with Gasteiger partial charge in [-0.15, -0.1) is 0 Å². The van der Waals surface area contributed by atoms with E-state index in [0.29, 0.717) is 6.42 Å². The molecule has 3 rings (SSSR count). The first-order valence-electron chi connectivity index (χ1n) is 9.76. The Hall–Kier alpha value is -2.33. The molecule has 2 N–H and O–H groups in total. The zero-order valence-electron chi connectivity index (χ0n) is 16.1. The fourth-order valence-electron chi connectivity index (χ4n) is 3.65. The summed E-state index contributed by atoms with van der Waals surface area (Å²) < 4.78 is 12.1. The molecule has 0 aliphatic carbocycles. The molecule has 2 aromatic carbocycles. The first-order valence-corrected chi connectivity index (χ1v) is 9.76. The molecular formula is C23H29NO3. The van der Waals surface area contributed by atoms with Crippen molar-refractivity contribution >= 4 is 5.97 Å². The van der Waals surface area contributed by atoms with Crippen molar-refractivity contribution in [2.24, 2.45) is 11.7 Å². The van der Waals surface area contributed by atoms with Crippen molar-refractivity contribution in [1.29, 1.82) is 0 Å². The summed E-state index contributed by atoms with van der Waals surface area (Å²) in [5, 5.41) is 0. The van der Waals surface area contributed by atoms with Crippen LogP contribution in [0.3, 0.4) is 0 Å². The normalized spacial score (nSPS) is 26.4. The highest BCUT2D eigenvalue weighted by atomic mass is 16.5. The molecule has 0 spiro atoms. The van der Waals surface area contributed by atoms with Gasteiger partial charge in [0.15, 0.2) is 0 Å². The zero-order chi connectivity index (χ0) is 19.2. The molecule has 27 heavy (non-hydrogen) atoms. The Morgan fingerprint density at radius 1 is 1.07 bits per heavy atom. The second-order valence-electron chi connectivity index (χ2n) is 7.50. The van der Waals surface area contributed by atoms with Gasteiger partial charge in [0.2, 0.25) is 0 Å². The smallest absolute Gasteiger partial charge is 0.323 e. The minimum atomic E-state index is -0.553. The van der Waals surface area contributed by atoms with Gasteiger partial charge in [0.1, 0.15) is 24.0 Å². The second-order valence-corrected chi connectivity index (χ2v) is 7.50. The molecule has 0 saturated carbocycles. The number of carbonyl (C=O) groups is 1. The van der Waals surface area contributed by atoms with Gasteiger partial charge < -0.3 is 15.2 Å². The first-order chi connectivity index (χ1) is 13.0. The van der Waals surface area contributed by atoms with Crippen LogP contribution < -0.4 is 10.5 Å². The van der Waals surface area contributed by atoms with Crippen LogP contribution in [0.5, 0.6) is 5.75 Å². The summed E-state index contributed by atoms with van der Waals surface area (Å²) in [7, 11) is 0. The van der Waals surface area contributed by atoms with Crippen molar-refractivity contribution in [3.8, 4) is 5.75 Å². The number of rotatable bonds is 4. The van der Waals surface area contributed by atoms with Crippen LogP contribution in [0.2, 0.25) is 0 Å². The zero-order valence-corrected chi connectivity index (χ0v) is 16.1. The van der Waals surface area contributed by atoms with Crippen LogP contribution in [-0.4, -0.2) is 24.2 Å².